The fourth-order valence-corrected chi connectivity index (χ4v) is 34.1. The number of rotatable bonds is 7. The minimum atomic E-state index is 0.101. The van der Waals surface area contributed by atoms with Crippen LogP contribution in [-0.4, -0.2) is 32.4 Å². The molecule has 282 valence electrons. The Bertz CT molecular complexity index is 1180. The van der Waals surface area contributed by atoms with Gasteiger partial charge < -0.3 is 0 Å². The first-order chi connectivity index (χ1) is 24.7. The Morgan fingerprint density at radius 3 is 0.882 bits per heavy atom. The maximum absolute atomic E-state index is 2.79. The van der Waals surface area contributed by atoms with Crippen molar-refractivity contribution < 1.29 is 0 Å². The smallest absolute Gasteiger partial charge is 0.00789 e. The van der Waals surface area contributed by atoms with Gasteiger partial charge in [0.05, 0.1) is 0 Å². The zero-order valence-corrected chi connectivity index (χ0v) is 35.0. The highest BCUT2D eigenvalue weighted by Crippen LogP contribution is 2.84. The quantitative estimate of drug-likeness (QED) is 0.229. The van der Waals surface area contributed by atoms with Crippen LogP contribution in [0.3, 0.4) is 0 Å². The van der Waals surface area contributed by atoms with E-state index >= 15 is 0 Å². The summed E-state index contributed by atoms with van der Waals surface area (Å²) in [4.78, 5) is 0. The Morgan fingerprint density at radius 1 is 0.333 bits per heavy atom. The van der Waals surface area contributed by atoms with Gasteiger partial charge in [0.2, 0.25) is 0 Å². The van der Waals surface area contributed by atoms with E-state index in [1.54, 1.807) is 167 Å². The molecule has 0 amide bonds. The molecule has 17 aliphatic rings. The molecular weight excluding hydrogens is 650 g/mol. The standard InChI is InChI=1S/C49H76P2/c1-30-3-44(29-50(46-17-32-5-33(18-46)7-34(6-32)19-46)47-20-35-8-36(21-47)10-37(9-35)22-47)45(4-31(30)2)51(48-23-38-11-39(24-48)13-40(12-38)25-48)49-26-41-14-42(27-49)16-43(15-41)28-49/h30-45H,3-29H2,1-2H3. The SMILES string of the molecule is CC1CC(CP(C23CC4CC(CC(C4)C2)C3)C23CC4CC(CC(C4)C2)C3)C(P(C23CC4CC(CC(C4)C2)C3)C23CC4CC(CC(C4)C2)C3)CC1C. The first-order valence-corrected chi connectivity index (χ1v) is 27.2. The van der Waals surface area contributed by atoms with Crippen LogP contribution in [0.1, 0.15) is 181 Å². The minimum Gasteiger partial charge on any atom is -0.0936 e. The van der Waals surface area contributed by atoms with E-state index in [2.05, 4.69) is 13.8 Å². The van der Waals surface area contributed by atoms with Crippen LogP contribution in [0.5, 0.6) is 0 Å². The summed E-state index contributed by atoms with van der Waals surface area (Å²) in [5.74, 6) is 16.8. The first kappa shape index (κ1) is 32.9. The van der Waals surface area contributed by atoms with Crippen molar-refractivity contribution in [1.29, 1.82) is 0 Å². The van der Waals surface area contributed by atoms with Gasteiger partial charge in [0.1, 0.15) is 0 Å². The molecule has 0 aromatic heterocycles. The Balaban J connectivity index is 0.936. The molecule has 0 heterocycles. The Hall–Kier alpha value is 0.860. The van der Waals surface area contributed by atoms with Crippen LogP contribution in [0.25, 0.3) is 0 Å². The summed E-state index contributed by atoms with van der Waals surface area (Å²) in [6.45, 7) is 5.57. The van der Waals surface area contributed by atoms with E-state index in [-0.39, 0.29) is 15.8 Å². The topological polar surface area (TPSA) is 0 Å². The van der Waals surface area contributed by atoms with Gasteiger partial charge in [-0.05, 0) is 288 Å². The van der Waals surface area contributed by atoms with E-state index in [1.165, 1.54) is 0 Å². The molecule has 0 N–H and O–H groups in total. The molecule has 0 saturated heterocycles. The fourth-order valence-electron chi connectivity index (χ4n) is 22.0. The zero-order valence-electron chi connectivity index (χ0n) is 33.2. The molecule has 17 rings (SSSR count). The molecule has 17 saturated carbocycles. The molecule has 0 radical (unpaired) electrons. The monoisotopic (exact) mass is 727 g/mol. The lowest BCUT2D eigenvalue weighted by Crippen LogP contribution is -2.60. The molecule has 0 aromatic carbocycles. The summed E-state index contributed by atoms with van der Waals surface area (Å²) in [6.07, 6.45) is 45.9. The van der Waals surface area contributed by atoms with Crippen molar-refractivity contribution in [2.75, 3.05) is 6.16 Å². The molecule has 16 bridgehead atoms. The van der Waals surface area contributed by atoms with Gasteiger partial charge in [0.15, 0.2) is 0 Å². The summed E-state index contributed by atoms with van der Waals surface area (Å²) in [7, 11) is 0.229. The van der Waals surface area contributed by atoms with E-state index < -0.39 is 0 Å². The van der Waals surface area contributed by atoms with Crippen molar-refractivity contribution in [2.45, 2.75) is 207 Å². The van der Waals surface area contributed by atoms with E-state index in [4.69, 9.17) is 0 Å². The predicted octanol–water partition coefficient (Wildman–Crippen LogP) is 13.9. The van der Waals surface area contributed by atoms with Gasteiger partial charge in [0, 0.05) is 0 Å². The normalized spacial score (nSPS) is 63.6. The Kier molecular flexibility index (Phi) is 7.28. The van der Waals surface area contributed by atoms with Crippen LogP contribution in [0.4, 0.5) is 0 Å². The average Bonchev–Trinajstić information content (AvgIpc) is 3.03. The van der Waals surface area contributed by atoms with Gasteiger partial charge in [0.25, 0.3) is 0 Å². The van der Waals surface area contributed by atoms with Crippen LogP contribution < -0.4 is 0 Å². The molecule has 2 heteroatoms. The fraction of sp³-hybridized carbons (Fsp3) is 1.00. The van der Waals surface area contributed by atoms with Crippen molar-refractivity contribution >= 4 is 15.8 Å². The third-order valence-corrected chi connectivity index (χ3v) is 30.4. The second-order valence-electron chi connectivity index (χ2n) is 25.3. The summed E-state index contributed by atoms with van der Waals surface area (Å²) < 4.78 is 0. The number of hydrogen-bond acceptors (Lipinski definition) is 0. The van der Waals surface area contributed by atoms with Crippen molar-refractivity contribution in [1.82, 2.24) is 0 Å². The van der Waals surface area contributed by atoms with Crippen molar-refractivity contribution in [2.24, 2.45) is 88.8 Å². The maximum atomic E-state index is 2.79. The Labute approximate surface area is 316 Å². The van der Waals surface area contributed by atoms with Crippen LogP contribution >= 0.6 is 15.8 Å². The van der Waals surface area contributed by atoms with Gasteiger partial charge in [-0.1, -0.05) is 29.7 Å². The van der Waals surface area contributed by atoms with E-state index in [1.807, 2.05) is 6.16 Å². The molecule has 0 nitrogen and oxygen atoms in total. The van der Waals surface area contributed by atoms with Gasteiger partial charge in [-0.2, -0.15) is 0 Å². The van der Waals surface area contributed by atoms with Crippen LogP contribution in [-0.2, 0) is 0 Å². The molecule has 51 heavy (non-hydrogen) atoms. The zero-order chi connectivity index (χ0) is 33.5. The highest BCUT2D eigenvalue weighted by atomic mass is 31.1. The van der Waals surface area contributed by atoms with Crippen LogP contribution in [0.2, 0.25) is 0 Å². The predicted molar refractivity (Wildman–Crippen MR) is 217 cm³/mol. The summed E-state index contributed by atoms with van der Waals surface area (Å²) in [5, 5.41) is 3.31. The third-order valence-electron chi connectivity index (χ3n) is 21.7. The minimum absolute atomic E-state index is 0.101. The highest BCUT2D eigenvalue weighted by Gasteiger charge is 2.67. The number of hydrogen-bond donors (Lipinski definition) is 0. The lowest BCUT2D eigenvalue weighted by atomic mass is 9.55. The molecule has 0 aliphatic heterocycles. The van der Waals surface area contributed by atoms with Gasteiger partial charge >= 0.3 is 0 Å². The summed E-state index contributed by atoms with van der Waals surface area (Å²) in [6, 6.07) is 0. The van der Waals surface area contributed by atoms with Crippen molar-refractivity contribution in [3.8, 4) is 0 Å². The van der Waals surface area contributed by atoms with Gasteiger partial charge in [-0.15, -0.1) is 0 Å². The van der Waals surface area contributed by atoms with E-state index in [9.17, 15) is 0 Å². The lowest BCUT2D eigenvalue weighted by Gasteiger charge is -2.71. The van der Waals surface area contributed by atoms with Gasteiger partial charge in [-0.3, -0.25) is 0 Å². The van der Waals surface area contributed by atoms with Crippen LogP contribution in [0, 0.1) is 88.8 Å². The molecule has 4 atom stereocenters. The van der Waals surface area contributed by atoms with Crippen molar-refractivity contribution in [3.05, 3.63) is 0 Å². The second-order valence-corrected chi connectivity index (χ2v) is 31.7. The van der Waals surface area contributed by atoms with Crippen molar-refractivity contribution in [3.63, 3.8) is 0 Å². The highest BCUT2D eigenvalue weighted by molar-refractivity contribution is 7.62. The molecule has 4 unspecified atom stereocenters. The summed E-state index contributed by atoms with van der Waals surface area (Å²) >= 11 is 0. The first-order valence-electron chi connectivity index (χ1n) is 24.3. The van der Waals surface area contributed by atoms with E-state index in [0.29, 0.717) is 0 Å². The molecular formula is C49H76P2. The van der Waals surface area contributed by atoms with Crippen LogP contribution in [0.15, 0.2) is 0 Å². The molecule has 17 aliphatic carbocycles. The average molecular weight is 727 g/mol. The molecule has 0 aromatic rings. The lowest BCUT2D eigenvalue weighted by molar-refractivity contribution is 0.0159. The summed E-state index contributed by atoms with van der Waals surface area (Å²) in [5.41, 5.74) is 1.16. The Morgan fingerprint density at radius 2 is 0.588 bits per heavy atom. The van der Waals surface area contributed by atoms with Gasteiger partial charge in [-0.25, -0.2) is 0 Å². The largest absolute Gasteiger partial charge is 0.0936 e. The third kappa shape index (κ3) is 4.93. The maximum Gasteiger partial charge on any atom is -0.00789 e. The van der Waals surface area contributed by atoms with E-state index in [0.717, 1.165) is 115 Å². The molecule has 17 fully saturated rings. The second kappa shape index (κ2) is 11.3. The molecule has 0 spiro atoms.